The Kier molecular flexibility index (Phi) is 45.1. The van der Waals surface area contributed by atoms with Crippen LogP contribution in [0, 0.1) is 0 Å². The summed E-state index contributed by atoms with van der Waals surface area (Å²) in [6.45, 7) is 99.0. The van der Waals surface area contributed by atoms with Crippen molar-refractivity contribution in [1.29, 1.82) is 1.76 Å². The molecule has 0 saturated carbocycles. The molecule has 0 aromatic heterocycles. The Labute approximate surface area is 508 Å². The average molecular weight is 1370 g/mol. The molecule has 1 rings (SSSR count). The van der Waals surface area contributed by atoms with Crippen LogP contribution in [0.4, 0.5) is 0 Å². The van der Waals surface area contributed by atoms with Gasteiger partial charge in [0.2, 0.25) is 0 Å². The van der Waals surface area contributed by atoms with Crippen LogP contribution in [0.5, 0.6) is 0 Å². The predicted octanol–water partition coefficient (Wildman–Crippen LogP) is 20.5. The monoisotopic (exact) mass is 1360 g/mol. The summed E-state index contributed by atoms with van der Waals surface area (Å²) in [4.78, 5) is 0. The fraction of sp³-hybridized carbons (Fsp3) is 0.800. The van der Waals surface area contributed by atoms with Gasteiger partial charge in [-0.2, -0.15) is 0 Å². The number of unbranched alkanes of at least 4 members (excludes halogenated alkanes) is 2. The molecule has 459 valence electrons. The molecule has 1 aliphatic rings. The zero-order valence-electron chi connectivity index (χ0n) is 63.1. The summed E-state index contributed by atoms with van der Waals surface area (Å²) in [6.07, 6.45) is 4.08. The van der Waals surface area contributed by atoms with E-state index < -0.39 is 133 Å². The van der Waals surface area contributed by atoms with Crippen molar-refractivity contribution in [1.82, 2.24) is 0 Å². The van der Waals surface area contributed by atoms with E-state index in [0.717, 1.165) is 0 Å². The maximum atomic E-state index is 6.21. The van der Waals surface area contributed by atoms with Crippen molar-refractivity contribution in [2.45, 2.75) is 263 Å². The minimum atomic E-state index is -2.11. The Morgan fingerprint density at radius 2 is 0.520 bits per heavy atom. The second-order valence-corrected chi connectivity index (χ2v) is 85.2. The van der Waals surface area contributed by atoms with Gasteiger partial charge in [0.15, 0.2) is 83.2 Å². The number of hydrogen-bond donors (Lipinski definition) is 0. The molecule has 0 aliphatic carbocycles. The van der Waals surface area contributed by atoms with Crippen molar-refractivity contribution in [2.75, 3.05) is 0 Å². The SMILES string of the molecule is C=C[Si](C)(C)O[Si](C)(C)C.C=C[Si](C)(C)O[Si](C)(C)C=C.C=C[Si](C)(C)O[Si](C)(C)C=C.CC.CCCCC.C[Si](C)(C)O[Si](C)(C)C.C[Si](C)(C)O[Si](C)(C)C.C[Si]1(C)O[Si](C)(C)O[Si](C)(C)O[Si](C)(C)O1.[2H][2H].[2H][2H].[2H][V]([2H])=[S]. The van der Waals surface area contributed by atoms with Gasteiger partial charge in [0.25, 0.3) is 0 Å². The van der Waals surface area contributed by atoms with Crippen molar-refractivity contribution < 1.29 is 58.4 Å². The zero-order valence-corrected chi connectivity index (χ0v) is 73.3. The van der Waals surface area contributed by atoms with Crippen molar-refractivity contribution >= 4 is 128 Å². The molecule has 0 aromatic rings. The first-order valence-corrected chi connectivity index (χ1v) is 72.6. The Hall–Kier alpha value is 2.18. The summed E-state index contributed by atoms with van der Waals surface area (Å²) < 4.78 is 86.7. The molecule has 9 nitrogen and oxygen atoms in total. The molecule has 0 spiro atoms. The molecule has 1 saturated heterocycles. The van der Waals surface area contributed by atoms with Crippen LogP contribution in [0.2, 0.25) is 216 Å². The normalized spacial score (nSPS) is 16.8. The summed E-state index contributed by atoms with van der Waals surface area (Å²) in [5.74, 6) is 0. The quantitative estimate of drug-likeness (QED) is 0.131. The summed E-state index contributed by atoms with van der Waals surface area (Å²) in [6, 6.07) is 0. The van der Waals surface area contributed by atoms with E-state index in [-0.39, 0.29) is 0 Å². The van der Waals surface area contributed by atoms with Gasteiger partial charge in [0.1, 0.15) is 0 Å². The fourth-order valence-corrected chi connectivity index (χ4v) is 61.6. The first kappa shape index (κ1) is 83.6. The van der Waals surface area contributed by atoms with Crippen LogP contribution in [0.15, 0.2) is 61.4 Å². The summed E-state index contributed by atoms with van der Waals surface area (Å²) >= 11 is -2.10. The van der Waals surface area contributed by atoms with E-state index in [1.807, 2.05) is 42.3 Å². The third kappa shape index (κ3) is 78.3. The molecular weight excluding hydrogens is 1220 g/mol. The van der Waals surface area contributed by atoms with Crippen molar-refractivity contribution in [2.24, 2.45) is 0 Å². The van der Waals surface area contributed by atoms with E-state index in [9.17, 15) is 0 Å². The van der Waals surface area contributed by atoms with Crippen LogP contribution in [0.3, 0.4) is 0 Å². The molecular formula is C50H138O9SSi14V. The van der Waals surface area contributed by atoms with E-state index in [1.54, 1.807) is 0 Å². The van der Waals surface area contributed by atoms with Gasteiger partial charge in [-0.1, -0.05) is 75.5 Å². The second-order valence-electron chi connectivity index (χ2n) is 27.5. The minimum absolute atomic E-state index is 1.23. The molecule has 0 amide bonds. The van der Waals surface area contributed by atoms with Crippen LogP contribution in [-0.4, -0.2) is 119 Å². The van der Waals surface area contributed by atoms with E-state index >= 15 is 0 Å². The Bertz CT molecular complexity index is 1440. The summed E-state index contributed by atoms with van der Waals surface area (Å²) in [7, 11) is -18.4. The van der Waals surface area contributed by atoms with Gasteiger partial charge in [-0.3, -0.25) is 0 Å². The van der Waals surface area contributed by atoms with Gasteiger partial charge in [-0.05, 0) is 216 Å². The van der Waals surface area contributed by atoms with Crippen LogP contribution in [0.1, 0.15) is 52.9 Å². The molecule has 0 N–H and O–H groups in total. The van der Waals surface area contributed by atoms with Gasteiger partial charge in [-0.25, -0.2) is 0 Å². The van der Waals surface area contributed by atoms with E-state index in [0.29, 0.717) is 0 Å². The van der Waals surface area contributed by atoms with E-state index in [1.165, 1.54) is 19.3 Å². The van der Waals surface area contributed by atoms with Gasteiger partial charge in [0, 0.05) is 5.94 Å². The standard InChI is InChI=1S/C8H24O4Si4.2C8H18OSi2.C7H18OSi2.2C6H18OSi2.C5H12.C2H6.S.V.2H2.2H/c1-13(2)9-14(3,4)11-16(7,8)12-15(5,6)10-13;2*1-7-10(3,4)9-11(5,6)8-2;1-7-10(5,6)8-9(2,3)4;2*1-8(2,3)7-9(4,5)6;1-3-5-4-2;1-2;;;;;;/h1-8H3;2*7-8H,1-2H2,3-6H3;7H,1H2,2-6H3;2*1-6H3;3-5H2,1-2H3;1-2H3;;;2*1H;;/i;;;;;;;;;;2*1+1D;2*1+1. The molecule has 0 radical (unpaired) electrons. The molecule has 0 atom stereocenters. The van der Waals surface area contributed by atoms with Crippen LogP contribution in [-0.2, 0) is 52.5 Å². The molecule has 1 fully saturated rings. The van der Waals surface area contributed by atoms with Crippen molar-refractivity contribution in [3.8, 4) is 0 Å². The van der Waals surface area contributed by atoms with Crippen molar-refractivity contribution in [3.63, 3.8) is 0 Å². The van der Waals surface area contributed by atoms with Crippen LogP contribution >= 0.6 is 10.3 Å². The fourth-order valence-electron chi connectivity index (χ4n) is 7.00. The Morgan fingerprint density at radius 3 is 0.587 bits per heavy atom. The Balaban J connectivity index is -0.0000000897. The second kappa shape index (κ2) is 40.4. The molecule has 0 bridgehead atoms. The van der Waals surface area contributed by atoms with Gasteiger partial charge >= 0.3 is 61.7 Å². The zero-order chi connectivity index (χ0) is 68.6. The third-order valence-electron chi connectivity index (χ3n) is 7.98. The third-order valence-corrected chi connectivity index (χ3v) is 51.4. The molecule has 1 aliphatic heterocycles. The van der Waals surface area contributed by atoms with Gasteiger partial charge in [-0.15, -0.1) is 32.9 Å². The van der Waals surface area contributed by atoms with Gasteiger partial charge < -0.3 is 37.0 Å². The van der Waals surface area contributed by atoms with E-state index in [2.05, 4.69) is 273 Å². The van der Waals surface area contributed by atoms with Gasteiger partial charge in [0.05, 0.1) is 0 Å². The molecule has 1 heterocycles. The molecule has 0 aromatic carbocycles. The van der Waals surface area contributed by atoms with E-state index in [4.69, 9.17) is 44.7 Å². The first-order valence-electron chi connectivity index (χ1n) is 30.2. The average Bonchev–Trinajstić information content (AvgIpc) is 3.18. The summed E-state index contributed by atoms with van der Waals surface area (Å²) in [5.41, 5.74) is 9.85. The topological polar surface area (TPSA) is 83.1 Å². The first-order chi connectivity index (χ1) is 35.3. The molecule has 25 heteroatoms. The van der Waals surface area contributed by atoms with Crippen LogP contribution < -0.4 is 0 Å². The summed E-state index contributed by atoms with van der Waals surface area (Å²) in [5, 5.41) is 0. The Morgan fingerprint density at radius 1 is 0.387 bits per heavy atom. The predicted molar refractivity (Wildman–Crippen MR) is 386 cm³/mol. The maximum absolute atomic E-state index is 6.21. The molecule has 0 unspecified atom stereocenters. The number of hydrogen-bond acceptors (Lipinski definition) is 10. The van der Waals surface area contributed by atoms with Crippen LogP contribution in [0.25, 0.3) is 0 Å². The number of rotatable bonds is 17. The molecule has 75 heavy (non-hydrogen) atoms. The van der Waals surface area contributed by atoms with Crippen molar-refractivity contribution in [3.05, 3.63) is 61.4 Å².